The third kappa shape index (κ3) is 2.58. The number of rotatable bonds is 2. The second-order valence-corrected chi connectivity index (χ2v) is 4.20. The average molecular weight is 256 g/mol. The molecule has 1 rings (SSSR count). The van der Waals surface area contributed by atoms with Crippen molar-refractivity contribution in [2.45, 2.75) is 27.2 Å². The summed E-state index contributed by atoms with van der Waals surface area (Å²) in [6.45, 7) is 5.66. The standard InChI is InChI=1S/C11H14BrNO/c1-4-10-7(2)5-9(12)6-11(10)13-8(3)14/h5-6H,4H2,1-3H3,(H,13,14). The molecule has 3 heteroatoms. The lowest BCUT2D eigenvalue weighted by atomic mass is 10.0. The summed E-state index contributed by atoms with van der Waals surface area (Å²) in [5.41, 5.74) is 3.31. The van der Waals surface area contributed by atoms with Crippen molar-refractivity contribution < 1.29 is 4.79 Å². The number of amides is 1. The normalized spacial score (nSPS) is 10.0. The van der Waals surface area contributed by atoms with E-state index in [9.17, 15) is 4.79 Å². The van der Waals surface area contributed by atoms with Gasteiger partial charge in [-0.25, -0.2) is 0 Å². The van der Waals surface area contributed by atoms with E-state index in [4.69, 9.17) is 0 Å². The maximum atomic E-state index is 11.0. The Kier molecular flexibility index (Phi) is 3.69. The molecule has 0 saturated carbocycles. The van der Waals surface area contributed by atoms with Crippen LogP contribution in [0.3, 0.4) is 0 Å². The molecule has 14 heavy (non-hydrogen) atoms. The number of nitrogens with one attached hydrogen (secondary N) is 1. The number of anilines is 1. The quantitative estimate of drug-likeness (QED) is 0.864. The minimum atomic E-state index is -0.0304. The molecule has 0 fully saturated rings. The molecule has 76 valence electrons. The molecule has 0 aromatic heterocycles. The molecule has 1 aromatic carbocycles. The highest BCUT2D eigenvalue weighted by Crippen LogP contribution is 2.25. The fourth-order valence-electron chi connectivity index (χ4n) is 1.54. The van der Waals surface area contributed by atoms with Crippen molar-refractivity contribution in [2.75, 3.05) is 5.32 Å². The zero-order valence-corrected chi connectivity index (χ0v) is 10.2. The number of halogens is 1. The summed E-state index contributed by atoms with van der Waals surface area (Å²) in [4.78, 5) is 11.0. The summed E-state index contributed by atoms with van der Waals surface area (Å²) in [5.74, 6) is -0.0304. The van der Waals surface area contributed by atoms with E-state index < -0.39 is 0 Å². The third-order valence-electron chi connectivity index (χ3n) is 2.10. The van der Waals surface area contributed by atoms with E-state index in [1.165, 1.54) is 18.1 Å². The van der Waals surface area contributed by atoms with Crippen LogP contribution in [0.25, 0.3) is 0 Å². The molecule has 0 spiro atoms. The molecule has 0 aliphatic carbocycles. The first-order valence-electron chi connectivity index (χ1n) is 4.61. The highest BCUT2D eigenvalue weighted by molar-refractivity contribution is 9.10. The minimum absolute atomic E-state index is 0.0304. The summed E-state index contributed by atoms with van der Waals surface area (Å²) >= 11 is 3.41. The van der Waals surface area contributed by atoms with Crippen LogP contribution in [0.15, 0.2) is 16.6 Å². The van der Waals surface area contributed by atoms with Gasteiger partial charge in [-0.1, -0.05) is 22.9 Å². The van der Waals surface area contributed by atoms with Gasteiger partial charge in [0.2, 0.25) is 5.91 Å². The first kappa shape index (κ1) is 11.2. The van der Waals surface area contributed by atoms with Crippen LogP contribution in [-0.2, 0) is 11.2 Å². The Bertz CT molecular complexity index is 361. The monoisotopic (exact) mass is 255 g/mol. The molecule has 1 amide bonds. The SMILES string of the molecule is CCc1c(C)cc(Br)cc1NC(C)=O. The Labute approximate surface area is 92.8 Å². The van der Waals surface area contributed by atoms with Gasteiger partial charge in [0, 0.05) is 17.1 Å². The Hall–Kier alpha value is -0.830. The maximum absolute atomic E-state index is 11.0. The van der Waals surface area contributed by atoms with Crippen LogP contribution in [0, 0.1) is 6.92 Å². The van der Waals surface area contributed by atoms with Crippen molar-refractivity contribution in [3.8, 4) is 0 Å². The first-order chi connectivity index (χ1) is 6.54. The van der Waals surface area contributed by atoms with Crippen molar-refractivity contribution >= 4 is 27.5 Å². The second kappa shape index (κ2) is 4.60. The molecule has 2 nitrogen and oxygen atoms in total. The highest BCUT2D eigenvalue weighted by atomic mass is 79.9. The zero-order chi connectivity index (χ0) is 10.7. The lowest BCUT2D eigenvalue weighted by Crippen LogP contribution is -2.08. The molecule has 0 aliphatic heterocycles. The molecular weight excluding hydrogens is 242 g/mol. The fourth-order valence-corrected chi connectivity index (χ4v) is 2.12. The molecule has 0 radical (unpaired) electrons. The van der Waals surface area contributed by atoms with Crippen LogP contribution in [0.2, 0.25) is 0 Å². The van der Waals surface area contributed by atoms with E-state index in [-0.39, 0.29) is 5.91 Å². The lowest BCUT2D eigenvalue weighted by Gasteiger charge is -2.12. The van der Waals surface area contributed by atoms with Crippen molar-refractivity contribution in [3.05, 3.63) is 27.7 Å². The van der Waals surface area contributed by atoms with Gasteiger partial charge in [-0.3, -0.25) is 4.79 Å². The van der Waals surface area contributed by atoms with E-state index in [1.807, 2.05) is 6.07 Å². The summed E-state index contributed by atoms with van der Waals surface area (Å²) < 4.78 is 0.996. The first-order valence-corrected chi connectivity index (χ1v) is 5.40. The number of carbonyl (C=O) groups is 1. The molecule has 1 aromatic rings. The second-order valence-electron chi connectivity index (χ2n) is 3.28. The molecule has 0 heterocycles. The molecular formula is C11H14BrNO. The van der Waals surface area contributed by atoms with E-state index in [0.717, 1.165) is 16.6 Å². The number of benzene rings is 1. The van der Waals surface area contributed by atoms with Crippen molar-refractivity contribution in [1.29, 1.82) is 0 Å². The van der Waals surface area contributed by atoms with Gasteiger partial charge in [-0.15, -0.1) is 0 Å². The Morgan fingerprint density at radius 2 is 2.14 bits per heavy atom. The zero-order valence-electron chi connectivity index (χ0n) is 8.65. The van der Waals surface area contributed by atoms with E-state index >= 15 is 0 Å². The summed E-state index contributed by atoms with van der Waals surface area (Å²) in [7, 11) is 0. The Balaban J connectivity index is 3.17. The van der Waals surface area contributed by atoms with Gasteiger partial charge in [0.1, 0.15) is 0 Å². The van der Waals surface area contributed by atoms with Crippen LogP contribution in [0.4, 0.5) is 5.69 Å². The molecule has 0 atom stereocenters. The largest absolute Gasteiger partial charge is 0.326 e. The maximum Gasteiger partial charge on any atom is 0.221 e. The predicted molar refractivity (Wildman–Crippen MR) is 62.6 cm³/mol. The van der Waals surface area contributed by atoms with E-state index in [0.29, 0.717) is 0 Å². The molecule has 0 unspecified atom stereocenters. The number of hydrogen-bond acceptors (Lipinski definition) is 1. The van der Waals surface area contributed by atoms with E-state index in [2.05, 4.69) is 41.2 Å². The summed E-state index contributed by atoms with van der Waals surface area (Å²) in [6, 6.07) is 4.00. The fraction of sp³-hybridized carbons (Fsp3) is 0.364. The summed E-state index contributed by atoms with van der Waals surface area (Å²) in [5, 5.41) is 2.84. The molecule has 0 saturated heterocycles. The number of hydrogen-bond donors (Lipinski definition) is 1. The van der Waals surface area contributed by atoms with Gasteiger partial charge >= 0.3 is 0 Å². The topological polar surface area (TPSA) is 29.1 Å². The van der Waals surface area contributed by atoms with Gasteiger partial charge in [0.25, 0.3) is 0 Å². The molecule has 1 N–H and O–H groups in total. The van der Waals surface area contributed by atoms with Crippen LogP contribution in [0.5, 0.6) is 0 Å². The van der Waals surface area contributed by atoms with Gasteiger partial charge in [0.05, 0.1) is 0 Å². The smallest absolute Gasteiger partial charge is 0.221 e. The van der Waals surface area contributed by atoms with Gasteiger partial charge in [-0.2, -0.15) is 0 Å². The summed E-state index contributed by atoms with van der Waals surface area (Å²) in [6.07, 6.45) is 0.925. The van der Waals surface area contributed by atoms with Gasteiger partial charge < -0.3 is 5.32 Å². The predicted octanol–water partition coefficient (Wildman–Crippen LogP) is 3.28. The number of aryl methyl sites for hydroxylation is 1. The van der Waals surface area contributed by atoms with Crippen LogP contribution < -0.4 is 5.32 Å². The average Bonchev–Trinajstić information content (AvgIpc) is 2.01. The lowest BCUT2D eigenvalue weighted by molar-refractivity contribution is -0.114. The molecule has 0 aliphatic rings. The Morgan fingerprint density at radius 1 is 1.50 bits per heavy atom. The van der Waals surface area contributed by atoms with Crippen molar-refractivity contribution in [1.82, 2.24) is 0 Å². The van der Waals surface area contributed by atoms with Crippen molar-refractivity contribution in [2.24, 2.45) is 0 Å². The van der Waals surface area contributed by atoms with Crippen LogP contribution in [-0.4, -0.2) is 5.91 Å². The highest BCUT2D eigenvalue weighted by Gasteiger charge is 2.06. The number of carbonyl (C=O) groups excluding carboxylic acids is 1. The minimum Gasteiger partial charge on any atom is -0.326 e. The van der Waals surface area contributed by atoms with E-state index in [1.54, 1.807) is 0 Å². The Morgan fingerprint density at radius 3 is 2.64 bits per heavy atom. The van der Waals surface area contributed by atoms with Gasteiger partial charge in [0.15, 0.2) is 0 Å². The van der Waals surface area contributed by atoms with Crippen molar-refractivity contribution in [3.63, 3.8) is 0 Å². The van der Waals surface area contributed by atoms with Crippen LogP contribution >= 0.6 is 15.9 Å². The van der Waals surface area contributed by atoms with Crippen LogP contribution in [0.1, 0.15) is 25.0 Å². The molecule has 0 bridgehead atoms. The van der Waals surface area contributed by atoms with Gasteiger partial charge in [-0.05, 0) is 36.6 Å². The third-order valence-corrected chi connectivity index (χ3v) is 2.56.